The number of halogens is 3. The van der Waals surface area contributed by atoms with Gasteiger partial charge in [0.25, 0.3) is 0 Å². The van der Waals surface area contributed by atoms with E-state index < -0.39 is 12.0 Å². The topological polar surface area (TPSA) is 49.2 Å². The van der Waals surface area contributed by atoms with Gasteiger partial charge >= 0.3 is 6.18 Å². The molecule has 1 aromatic rings. The predicted molar refractivity (Wildman–Crippen MR) is 80.3 cm³/mol. The van der Waals surface area contributed by atoms with Crippen LogP contribution >= 0.6 is 0 Å². The fourth-order valence-electron chi connectivity index (χ4n) is 3.54. The molecule has 0 bridgehead atoms. The molecule has 1 aliphatic carbocycles. The van der Waals surface area contributed by atoms with E-state index in [1.54, 1.807) is 6.07 Å². The van der Waals surface area contributed by atoms with E-state index in [0.717, 1.165) is 51.6 Å². The molecule has 1 aromatic heterocycles. The van der Waals surface area contributed by atoms with E-state index in [4.69, 9.17) is 0 Å². The first-order valence-electron chi connectivity index (χ1n) is 8.29. The highest BCUT2D eigenvalue weighted by atomic mass is 19.4. The quantitative estimate of drug-likeness (QED) is 0.924. The Labute approximate surface area is 133 Å². The zero-order chi connectivity index (χ0) is 16.4. The van der Waals surface area contributed by atoms with Gasteiger partial charge in [0.2, 0.25) is 5.82 Å². The lowest BCUT2D eigenvalue weighted by molar-refractivity contribution is -0.145. The van der Waals surface area contributed by atoms with Crippen molar-refractivity contribution in [2.75, 3.05) is 24.6 Å². The number of rotatable bonds is 3. The summed E-state index contributed by atoms with van der Waals surface area (Å²) in [6, 6.07) is 1.74. The SMILES string of the molecule is OCC1CCC(c2cc(N3CCCC3)nc(C(F)(F)F)n2)CC1. The molecule has 23 heavy (non-hydrogen) atoms. The Balaban J connectivity index is 1.88. The molecule has 1 saturated carbocycles. The third kappa shape index (κ3) is 3.76. The third-order valence-corrected chi connectivity index (χ3v) is 4.94. The number of hydrogen-bond donors (Lipinski definition) is 1. The molecule has 0 radical (unpaired) electrons. The van der Waals surface area contributed by atoms with Crippen LogP contribution in [0.3, 0.4) is 0 Å². The number of aromatic nitrogens is 2. The van der Waals surface area contributed by atoms with Crippen molar-refractivity contribution in [3.8, 4) is 0 Å². The molecule has 1 saturated heterocycles. The highest BCUT2D eigenvalue weighted by molar-refractivity contribution is 5.42. The van der Waals surface area contributed by atoms with Crippen molar-refractivity contribution in [1.82, 2.24) is 9.97 Å². The maximum atomic E-state index is 13.1. The molecule has 2 fully saturated rings. The molecule has 0 spiro atoms. The van der Waals surface area contributed by atoms with Gasteiger partial charge in [-0.2, -0.15) is 13.2 Å². The number of hydrogen-bond acceptors (Lipinski definition) is 4. The summed E-state index contributed by atoms with van der Waals surface area (Å²) in [5.74, 6) is -0.318. The van der Waals surface area contributed by atoms with Gasteiger partial charge in [0.1, 0.15) is 5.82 Å². The molecule has 3 rings (SSSR count). The summed E-state index contributed by atoms with van der Waals surface area (Å²) < 4.78 is 39.4. The fraction of sp³-hybridized carbons (Fsp3) is 0.750. The molecule has 128 valence electrons. The largest absolute Gasteiger partial charge is 0.451 e. The van der Waals surface area contributed by atoms with Crippen molar-refractivity contribution < 1.29 is 18.3 Å². The van der Waals surface area contributed by atoms with Crippen LogP contribution in [0.4, 0.5) is 19.0 Å². The zero-order valence-electron chi connectivity index (χ0n) is 13.0. The Morgan fingerprint density at radius 3 is 2.30 bits per heavy atom. The van der Waals surface area contributed by atoms with Crippen molar-refractivity contribution in [2.24, 2.45) is 5.92 Å². The van der Waals surface area contributed by atoms with E-state index in [-0.39, 0.29) is 18.4 Å². The average molecular weight is 329 g/mol. The van der Waals surface area contributed by atoms with E-state index in [9.17, 15) is 18.3 Å². The fourth-order valence-corrected chi connectivity index (χ4v) is 3.54. The lowest BCUT2D eigenvalue weighted by Gasteiger charge is -2.28. The Kier molecular flexibility index (Phi) is 4.75. The van der Waals surface area contributed by atoms with Gasteiger partial charge in [0.05, 0.1) is 0 Å². The predicted octanol–water partition coefficient (Wildman–Crippen LogP) is 3.36. The maximum absolute atomic E-state index is 13.1. The van der Waals surface area contributed by atoms with Gasteiger partial charge in [-0.15, -0.1) is 0 Å². The van der Waals surface area contributed by atoms with Gasteiger partial charge < -0.3 is 10.0 Å². The second kappa shape index (κ2) is 6.63. The first-order chi connectivity index (χ1) is 11.0. The van der Waals surface area contributed by atoms with Crippen LogP contribution in [0, 0.1) is 5.92 Å². The lowest BCUT2D eigenvalue weighted by Crippen LogP contribution is -2.24. The van der Waals surface area contributed by atoms with Gasteiger partial charge in [0, 0.05) is 37.4 Å². The van der Waals surface area contributed by atoms with Crippen molar-refractivity contribution >= 4 is 5.82 Å². The van der Waals surface area contributed by atoms with Crippen LogP contribution in [0.5, 0.6) is 0 Å². The summed E-state index contributed by atoms with van der Waals surface area (Å²) in [6.45, 7) is 1.67. The Bertz CT molecular complexity index is 536. The van der Waals surface area contributed by atoms with Crippen LogP contribution in [0.15, 0.2) is 6.07 Å². The minimum atomic E-state index is -4.52. The monoisotopic (exact) mass is 329 g/mol. The number of aliphatic hydroxyl groups excluding tert-OH is 1. The van der Waals surface area contributed by atoms with E-state index in [0.29, 0.717) is 11.5 Å². The Morgan fingerprint density at radius 1 is 1.09 bits per heavy atom. The van der Waals surface area contributed by atoms with Gasteiger partial charge in [-0.3, -0.25) is 0 Å². The minimum Gasteiger partial charge on any atom is -0.396 e. The van der Waals surface area contributed by atoms with Crippen molar-refractivity contribution in [3.05, 3.63) is 17.6 Å². The van der Waals surface area contributed by atoms with E-state index in [1.165, 1.54) is 0 Å². The first-order valence-corrected chi connectivity index (χ1v) is 8.29. The summed E-state index contributed by atoms with van der Waals surface area (Å²) >= 11 is 0. The second-order valence-electron chi connectivity index (χ2n) is 6.57. The molecule has 0 amide bonds. The highest BCUT2D eigenvalue weighted by Crippen LogP contribution is 2.37. The van der Waals surface area contributed by atoms with Crippen LogP contribution in [0.2, 0.25) is 0 Å². The molecule has 1 aliphatic heterocycles. The van der Waals surface area contributed by atoms with E-state index >= 15 is 0 Å². The number of alkyl halides is 3. The van der Waals surface area contributed by atoms with Crippen LogP contribution < -0.4 is 4.90 Å². The highest BCUT2D eigenvalue weighted by Gasteiger charge is 2.37. The molecule has 7 heteroatoms. The minimum absolute atomic E-state index is 0.0308. The molecule has 1 N–H and O–H groups in total. The number of anilines is 1. The van der Waals surface area contributed by atoms with Crippen molar-refractivity contribution in [1.29, 1.82) is 0 Å². The first kappa shape index (κ1) is 16.5. The van der Waals surface area contributed by atoms with Crippen LogP contribution in [0.1, 0.15) is 56.0 Å². The summed E-state index contributed by atoms with van der Waals surface area (Å²) in [4.78, 5) is 9.50. The molecule has 2 aliphatic rings. The summed E-state index contributed by atoms with van der Waals surface area (Å²) in [6.07, 6.45) is 0.687. The molecular weight excluding hydrogens is 307 g/mol. The Hall–Kier alpha value is -1.37. The summed E-state index contributed by atoms with van der Waals surface area (Å²) in [5.41, 5.74) is 0.505. The Morgan fingerprint density at radius 2 is 1.74 bits per heavy atom. The van der Waals surface area contributed by atoms with Gasteiger partial charge in [-0.1, -0.05) is 0 Å². The molecular formula is C16H22F3N3O. The third-order valence-electron chi connectivity index (χ3n) is 4.94. The average Bonchev–Trinajstić information content (AvgIpc) is 3.08. The van der Waals surface area contributed by atoms with Crippen molar-refractivity contribution in [2.45, 2.75) is 50.6 Å². The molecule has 0 aromatic carbocycles. The molecule has 2 heterocycles. The zero-order valence-corrected chi connectivity index (χ0v) is 13.0. The summed E-state index contributed by atoms with van der Waals surface area (Å²) in [5, 5.41) is 9.21. The van der Waals surface area contributed by atoms with Crippen molar-refractivity contribution in [3.63, 3.8) is 0 Å². The second-order valence-corrected chi connectivity index (χ2v) is 6.57. The molecule has 0 unspecified atom stereocenters. The molecule has 0 atom stereocenters. The number of aliphatic hydroxyl groups is 1. The van der Waals surface area contributed by atoms with E-state index in [2.05, 4.69) is 9.97 Å². The van der Waals surface area contributed by atoms with Gasteiger partial charge in [0.15, 0.2) is 0 Å². The van der Waals surface area contributed by atoms with Gasteiger partial charge in [-0.25, -0.2) is 9.97 Å². The lowest BCUT2D eigenvalue weighted by atomic mass is 9.81. The van der Waals surface area contributed by atoms with Crippen LogP contribution in [0.25, 0.3) is 0 Å². The smallest absolute Gasteiger partial charge is 0.396 e. The van der Waals surface area contributed by atoms with E-state index in [1.807, 2.05) is 4.90 Å². The normalized spacial score (nSPS) is 25.8. The van der Waals surface area contributed by atoms with Gasteiger partial charge in [-0.05, 0) is 44.4 Å². The maximum Gasteiger partial charge on any atom is 0.451 e. The van der Waals surface area contributed by atoms with Crippen LogP contribution in [-0.2, 0) is 6.18 Å². The van der Waals surface area contributed by atoms with Crippen LogP contribution in [-0.4, -0.2) is 34.8 Å². The molecule has 4 nitrogen and oxygen atoms in total. The summed E-state index contributed by atoms with van der Waals surface area (Å²) in [7, 11) is 0. The number of nitrogens with zero attached hydrogens (tertiary/aromatic N) is 3. The standard InChI is InChI=1S/C16H22F3N3O/c17-16(18,19)15-20-13(12-5-3-11(10-23)4-6-12)9-14(21-15)22-7-1-2-8-22/h9,11-12,23H,1-8,10H2.